The molecule has 1 saturated heterocycles. The van der Waals surface area contributed by atoms with Crippen molar-refractivity contribution < 1.29 is 18.3 Å². The second-order valence-corrected chi connectivity index (χ2v) is 12.3. The fourth-order valence-electron chi connectivity index (χ4n) is 5.65. The second kappa shape index (κ2) is 12.1. The molecule has 5 rings (SSSR count). The number of ether oxygens (including phenoxy) is 1. The van der Waals surface area contributed by atoms with Crippen LogP contribution < -0.4 is 4.90 Å². The number of fused-ring (bicyclic) bond motifs is 1. The molecule has 0 aliphatic carbocycles. The maximum Gasteiger partial charge on any atom is 0.410 e. The molecular weight excluding hydrogens is 536 g/mol. The summed E-state index contributed by atoms with van der Waals surface area (Å²) in [5.41, 5.74) is 2.66. The summed E-state index contributed by atoms with van der Waals surface area (Å²) in [7, 11) is 0. The van der Waals surface area contributed by atoms with Crippen LogP contribution in [0.25, 0.3) is 22.3 Å². The van der Waals surface area contributed by atoms with Crippen LogP contribution in [0.4, 0.5) is 19.3 Å². The van der Waals surface area contributed by atoms with Crippen molar-refractivity contribution in [2.45, 2.75) is 65.7 Å². The van der Waals surface area contributed by atoms with Crippen LogP contribution in [-0.2, 0) is 11.3 Å². The Balaban J connectivity index is 1.46. The highest BCUT2D eigenvalue weighted by atomic mass is 19.3. The number of amides is 1. The number of carbonyl (C=O) groups excluding carboxylic acids is 1. The lowest BCUT2D eigenvalue weighted by Crippen LogP contribution is -2.56. The van der Waals surface area contributed by atoms with Crippen molar-refractivity contribution in [3.63, 3.8) is 0 Å². The number of rotatable bonds is 7. The number of pyridine rings is 2. The lowest BCUT2D eigenvalue weighted by atomic mass is 9.99. The number of nitrogens with zero attached hydrogens (tertiary/aromatic N) is 5. The minimum atomic E-state index is -2.76. The number of halogens is 2. The van der Waals surface area contributed by atoms with E-state index in [0.717, 1.165) is 28.6 Å². The molecule has 1 fully saturated rings. The molecule has 0 saturated carbocycles. The van der Waals surface area contributed by atoms with Gasteiger partial charge in [0.05, 0.1) is 17.4 Å². The quantitative estimate of drug-likeness (QED) is 0.228. The van der Waals surface area contributed by atoms with Crippen molar-refractivity contribution in [3.05, 3.63) is 78.2 Å². The van der Waals surface area contributed by atoms with E-state index in [1.807, 2.05) is 85.0 Å². The molecule has 0 bridgehead atoms. The SMILES string of the molecule is CC(C)CC1CN(c2ccc(-c3cn(Cc4ccccc4)c4ncccc34)nc2C(F)F)CCN1C(=O)OC(C)(C)C. The maximum atomic E-state index is 14.6. The fourth-order valence-corrected chi connectivity index (χ4v) is 5.65. The Morgan fingerprint density at radius 2 is 1.81 bits per heavy atom. The molecule has 0 spiro atoms. The van der Waals surface area contributed by atoms with Gasteiger partial charge < -0.3 is 19.1 Å². The van der Waals surface area contributed by atoms with Gasteiger partial charge in [-0.25, -0.2) is 23.5 Å². The molecular formula is C33H39F2N5O2. The number of hydrogen-bond acceptors (Lipinski definition) is 5. The summed E-state index contributed by atoms with van der Waals surface area (Å²) in [6.07, 6.45) is 1.29. The molecule has 1 atom stereocenters. The van der Waals surface area contributed by atoms with Gasteiger partial charge >= 0.3 is 6.09 Å². The molecule has 7 nitrogen and oxygen atoms in total. The zero-order chi connectivity index (χ0) is 30.0. The van der Waals surface area contributed by atoms with Gasteiger partial charge in [0.15, 0.2) is 0 Å². The lowest BCUT2D eigenvalue weighted by Gasteiger charge is -2.43. The second-order valence-electron chi connectivity index (χ2n) is 12.3. The number of aromatic nitrogens is 3. The number of piperazine rings is 1. The number of carbonyl (C=O) groups is 1. The topological polar surface area (TPSA) is 63.5 Å². The first-order chi connectivity index (χ1) is 20.0. The standard InChI is InChI=1S/C33H39F2N5O2/c1-22(2)18-24-20-38(16-17-40(24)32(41)42-33(3,4)5)28-14-13-27(37-29(28)30(34)35)26-21-39(19-23-10-7-6-8-11-23)31-25(26)12-9-15-36-31/h6-15,21-22,24,30H,16-20H2,1-5H3. The average Bonchev–Trinajstić information content (AvgIpc) is 3.30. The molecule has 222 valence electrons. The third-order valence-electron chi connectivity index (χ3n) is 7.41. The van der Waals surface area contributed by atoms with Gasteiger partial charge in [0.25, 0.3) is 6.43 Å². The first-order valence-electron chi connectivity index (χ1n) is 14.5. The van der Waals surface area contributed by atoms with Crippen molar-refractivity contribution in [3.8, 4) is 11.3 Å². The molecule has 1 unspecified atom stereocenters. The molecule has 1 amide bonds. The van der Waals surface area contributed by atoms with Crippen LogP contribution >= 0.6 is 0 Å². The largest absolute Gasteiger partial charge is 0.444 e. The summed E-state index contributed by atoms with van der Waals surface area (Å²) in [4.78, 5) is 25.8. The van der Waals surface area contributed by atoms with E-state index in [9.17, 15) is 13.6 Å². The smallest absolute Gasteiger partial charge is 0.410 e. The van der Waals surface area contributed by atoms with Gasteiger partial charge in [-0.3, -0.25) is 0 Å². The van der Waals surface area contributed by atoms with Gasteiger partial charge in [0.1, 0.15) is 16.9 Å². The molecule has 0 N–H and O–H groups in total. The minimum Gasteiger partial charge on any atom is -0.444 e. The molecule has 42 heavy (non-hydrogen) atoms. The van der Waals surface area contributed by atoms with E-state index in [1.165, 1.54) is 0 Å². The Hall–Kier alpha value is -4.01. The Morgan fingerprint density at radius 3 is 2.50 bits per heavy atom. The third-order valence-corrected chi connectivity index (χ3v) is 7.41. The molecule has 4 aromatic rings. The molecule has 4 heterocycles. The van der Waals surface area contributed by atoms with Gasteiger partial charge in [-0.15, -0.1) is 0 Å². The number of benzene rings is 1. The first-order valence-corrected chi connectivity index (χ1v) is 14.5. The zero-order valence-electron chi connectivity index (χ0n) is 24.9. The normalized spacial score (nSPS) is 16.1. The summed E-state index contributed by atoms with van der Waals surface area (Å²) >= 11 is 0. The Kier molecular flexibility index (Phi) is 8.48. The third kappa shape index (κ3) is 6.55. The number of hydrogen-bond donors (Lipinski definition) is 0. The predicted molar refractivity (Wildman–Crippen MR) is 162 cm³/mol. The Bertz CT molecular complexity index is 1530. The van der Waals surface area contributed by atoms with Crippen LogP contribution in [0.15, 0.2) is 67.0 Å². The molecule has 9 heteroatoms. The lowest BCUT2D eigenvalue weighted by molar-refractivity contribution is 0.0119. The van der Waals surface area contributed by atoms with E-state index >= 15 is 0 Å². The molecule has 1 aliphatic rings. The minimum absolute atomic E-state index is 0.166. The Labute approximate surface area is 246 Å². The van der Waals surface area contributed by atoms with Crippen LogP contribution in [0.1, 0.15) is 58.7 Å². The first kappa shape index (κ1) is 29.5. The highest BCUT2D eigenvalue weighted by molar-refractivity contribution is 5.93. The molecule has 3 aromatic heterocycles. The average molecular weight is 576 g/mol. The van der Waals surface area contributed by atoms with Crippen LogP contribution in [-0.4, -0.2) is 56.8 Å². The van der Waals surface area contributed by atoms with E-state index in [-0.39, 0.29) is 17.8 Å². The van der Waals surface area contributed by atoms with E-state index in [0.29, 0.717) is 43.5 Å². The van der Waals surface area contributed by atoms with E-state index in [2.05, 4.69) is 23.8 Å². The van der Waals surface area contributed by atoms with Gasteiger partial charge in [-0.05, 0) is 62.9 Å². The summed E-state index contributed by atoms with van der Waals surface area (Å²) in [5, 5.41) is 0.858. The summed E-state index contributed by atoms with van der Waals surface area (Å²) in [6, 6.07) is 17.2. The molecule has 0 radical (unpaired) electrons. The van der Waals surface area contributed by atoms with Crippen molar-refractivity contribution >= 4 is 22.8 Å². The fraction of sp³-hybridized carbons (Fsp3) is 0.424. The van der Waals surface area contributed by atoms with E-state index in [1.54, 1.807) is 17.2 Å². The highest BCUT2D eigenvalue weighted by Gasteiger charge is 2.35. The van der Waals surface area contributed by atoms with Gasteiger partial charge in [0, 0.05) is 49.5 Å². The highest BCUT2D eigenvalue weighted by Crippen LogP contribution is 2.36. The summed E-state index contributed by atoms with van der Waals surface area (Å²) in [5.74, 6) is 0.316. The summed E-state index contributed by atoms with van der Waals surface area (Å²) in [6.45, 7) is 11.5. The molecule has 1 aliphatic heterocycles. The number of alkyl halides is 2. The van der Waals surface area contributed by atoms with Crippen LogP contribution in [0.5, 0.6) is 0 Å². The monoisotopic (exact) mass is 575 g/mol. The van der Waals surface area contributed by atoms with Crippen LogP contribution in [0.2, 0.25) is 0 Å². The van der Waals surface area contributed by atoms with E-state index < -0.39 is 12.0 Å². The van der Waals surface area contributed by atoms with Gasteiger partial charge in [-0.2, -0.15) is 0 Å². The Morgan fingerprint density at radius 1 is 1.05 bits per heavy atom. The van der Waals surface area contributed by atoms with Crippen LogP contribution in [0, 0.1) is 5.92 Å². The van der Waals surface area contributed by atoms with Gasteiger partial charge in [0.2, 0.25) is 0 Å². The molecule has 1 aromatic carbocycles. The predicted octanol–water partition coefficient (Wildman–Crippen LogP) is 7.56. The van der Waals surface area contributed by atoms with Crippen molar-refractivity contribution in [1.82, 2.24) is 19.4 Å². The zero-order valence-corrected chi connectivity index (χ0v) is 24.9. The van der Waals surface area contributed by atoms with Crippen molar-refractivity contribution in [1.29, 1.82) is 0 Å². The summed E-state index contributed by atoms with van der Waals surface area (Å²) < 4.78 is 36.9. The maximum absolute atomic E-state index is 14.6. The van der Waals surface area contributed by atoms with Crippen molar-refractivity contribution in [2.24, 2.45) is 5.92 Å². The van der Waals surface area contributed by atoms with E-state index in [4.69, 9.17) is 4.74 Å². The van der Waals surface area contributed by atoms with Crippen molar-refractivity contribution in [2.75, 3.05) is 24.5 Å². The van der Waals surface area contributed by atoms with Gasteiger partial charge in [-0.1, -0.05) is 44.2 Å². The number of anilines is 1. The van der Waals surface area contributed by atoms with Crippen LogP contribution in [0.3, 0.4) is 0 Å².